The molecule has 3 rings (SSSR count). The number of benzene rings is 1. The van der Waals surface area contributed by atoms with Gasteiger partial charge in [-0.3, -0.25) is 9.69 Å². The number of likely N-dealkylation sites (N-methyl/N-ethyl adjacent to an activating group) is 1. The number of H-pyrrole nitrogens is 1. The van der Waals surface area contributed by atoms with Gasteiger partial charge in [-0.2, -0.15) is 15.4 Å². The number of aromatic amines is 1. The zero-order chi connectivity index (χ0) is 16.4. The van der Waals surface area contributed by atoms with Crippen molar-refractivity contribution in [3.8, 4) is 11.3 Å². The van der Waals surface area contributed by atoms with Crippen LogP contribution >= 0.6 is 0 Å². The van der Waals surface area contributed by atoms with E-state index in [0.717, 1.165) is 26.2 Å². The van der Waals surface area contributed by atoms with Crippen LogP contribution in [0, 0.1) is 5.82 Å². The van der Waals surface area contributed by atoms with Gasteiger partial charge in [-0.15, -0.1) is 0 Å². The summed E-state index contributed by atoms with van der Waals surface area (Å²) in [4.78, 5) is 15.8. The van der Waals surface area contributed by atoms with Crippen molar-refractivity contribution >= 4 is 5.91 Å². The summed E-state index contributed by atoms with van der Waals surface area (Å²) in [6.45, 7) is 4.39. The Bertz CT molecular complexity index is 708. The first-order valence-electron chi connectivity index (χ1n) is 7.45. The molecule has 1 aliphatic heterocycles. The predicted molar refractivity (Wildman–Crippen MR) is 83.1 cm³/mol. The highest BCUT2D eigenvalue weighted by molar-refractivity contribution is 5.96. The Labute approximate surface area is 133 Å². The molecule has 2 aromatic rings. The Morgan fingerprint density at radius 2 is 2.04 bits per heavy atom. The van der Waals surface area contributed by atoms with Crippen molar-refractivity contribution in [1.82, 2.24) is 25.2 Å². The van der Waals surface area contributed by atoms with Crippen molar-refractivity contribution in [3.63, 3.8) is 0 Å². The first-order chi connectivity index (χ1) is 11.0. The summed E-state index contributed by atoms with van der Waals surface area (Å²) in [5, 5.41) is 9.93. The van der Waals surface area contributed by atoms with Gasteiger partial charge < -0.3 is 10.6 Å². The fourth-order valence-corrected chi connectivity index (χ4v) is 2.67. The van der Waals surface area contributed by atoms with Gasteiger partial charge in [-0.25, -0.2) is 4.39 Å². The molecule has 8 heteroatoms. The maximum Gasteiger partial charge on any atom is 0.271 e. The average molecular weight is 318 g/mol. The van der Waals surface area contributed by atoms with Crippen LogP contribution in [0.5, 0.6) is 0 Å². The van der Waals surface area contributed by atoms with Crippen molar-refractivity contribution in [2.24, 2.45) is 5.73 Å². The Hall–Kier alpha value is -2.32. The summed E-state index contributed by atoms with van der Waals surface area (Å²) in [5.74, 6) is -1.02. The summed E-state index contributed by atoms with van der Waals surface area (Å²) >= 11 is 0. The lowest BCUT2D eigenvalue weighted by molar-refractivity contribution is 0.0996. The van der Waals surface area contributed by atoms with Crippen LogP contribution in [0.25, 0.3) is 11.3 Å². The first kappa shape index (κ1) is 15.6. The molecule has 122 valence electrons. The van der Waals surface area contributed by atoms with Crippen molar-refractivity contribution in [2.45, 2.75) is 6.54 Å². The van der Waals surface area contributed by atoms with Crippen LogP contribution in [0.4, 0.5) is 4.39 Å². The number of hydrogen-bond donors (Lipinski definition) is 2. The maximum atomic E-state index is 14.4. The van der Waals surface area contributed by atoms with Gasteiger partial charge in [0.2, 0.25) is 0 Å². The topological polar surface area (TPSA) is 91.1 Å². The number of nitrogens with zero attached hydrogens (tertiary/aromatic N) is 4. The fraction of sp³-hybridized carbons (Fsp3) is 0.400. The number of hydrogen-bond acceptors (Lipinski definition) is 5. The lowest BCUT2D eigenvalue weighted by atomic mass is 10.1. The van der Waals surface area contributed by atoms with Crippen LogP contribution in [0.2, 0.25) is 0 Å². The Kier molecular flexibility index (Phi) is 4.35. The van der Waals surface area contributed by atoms with Gasteiger partial charge in [0.15, 0.2) is 5.69 Å². The van der Waals surface area contributed by atoms with Crippen molar-refractivity contribution in [3.05, 3.63) is 35.3 Å². The average Bonchev–Trinajstić information content (AvgIpc) is 3.01. The molecule has 0 unspecified atom stereocenters. The van der Waals surface area contributed by atoms with Crippen molar-refractivity contribution in [1.29, 1.82) is 0 Å². The molecule has 1 aromatic heterocycles. The third-order valence-corrected chi connectivity index (χ3v) is 4.10. The molecule has 0 bridgehead atoms. The number of halogens is 1. The lowest BCUT2D eigenvalue weighted by Gasteiger charge is -2.32. The van der Waals surface area contributed by atoms with E-state index in [2.05, 4.69) is 32.3 Å². The normalized spacial score (nSPS) is 16.6. The number of amides is 1. The number of primary amides is 1. The Balaban J connectivity index is 1.78. The molecule has 0 spiro atoms. The number of piperazine rings is 1. The SMILES string of the molecule is CN1CCN(Cc2ccc(-c3n[nH]nc3C(N)=O)cc2F)CC1. The molecule has 7 nitrogen and oxygen atoms in total. The Morgan fingerprint density at radius 1 is 1.30 bits per heavy atom. The van der Waals surface area contributed by atoms with Crippen LogP contribution in [0.1, 0.15) is 16.1 Å². The third kappa shape index (κ3) is 3.38. The van der Waals surface area contributed by atoms with Crippen LogP contribution in [0.15, 0.2) is 18.2 Å². The molecule has 1 fully saturated rings. The first-order valence-corrected chi connectivity index (χ1v) is 7.45. The molecule has 1 saturated heterocycles. The highest BCUT2D eigenvalue weighted by Crippen LogP contribution is 2.23. The molecule has 3 N–H and O–H groups in total. The zero-order valence-corrected chi connectivity index (χ0v) is 12.9. The quantitative estimate of drug-likeness (QED) is 0.854. The smallest absolute Gasteiger partial charge is 0.271 e. The molecule has 1 aromatic carbocycles. The second kappa shape index (κ2) is 6.43. The number of carbonyl (C=O) groups is 1. The van der Waals surface area contributed by atoms with E-state index in [9.17, 15) is 9.18 Å². The summed E-state index contributed by atoms with van der Waals surface area (Å²) in [5.41, 5.74) is 6.62. The lowest BCUT2D eigenvalue weighted by Crippen LogP contribution is -2.44. The van der Waals surface area contributed by atoms with Crippen LogP contribution in [-0.2, 0) is 6.54 Å². The highest BCUT2D eigenvalue weighted by Gasteiger charge is 2.18. The molecule has 0 radical (unpaired) electrons. The predicted octanol–water partition coefficient (Wildman–Crippen LogP) is 0.457. The van der Waals surface area contributed by atoms with Crippen molar-refractivity contribution < 1.29 is 9.18 Å². The summed E-state index contributed by atoms with van der Waals surface area (Å²) in [6.07, 6.45) is 0. The maximum absolute atomic E-state index is 14.4. The third-order valence-electron chi connectivity index (χ3n) is 4.10. The number of nitrogens with one attached hydrogen (secondary N) is 1. The van der Waals surface area contributed by atoms with E-state index in [1.165, 1.54) is 6.07 Å². The monoisotopic (exact) mass is 318 g/mol. The van der Waals surface area contributed by atoms with Gasteiger partial charge in [-0.05, 0) is 13.1 Å². The number of nitrogens with two attached hydrogens (primary N) is 1. The standard InChI is InChI=1S/C15H19FN6O/c1-21-4-6-22(7-5-21)9-11-3-2-10(8-12(11)16)13-14(15(17)23)19-20-18-13/h2-3,8H,4-7,9H2,1H3,(H2,17,23)(H,18,19,20). The number of aromatic nitrogens is 3. The number of carbonyl (C=O) groups excluding carboxylic acids is 1. The zero-order valence-electron chi connectivity index (χ0n) is 12.9. The second-order valence-electron chi connectivity index (χ2n) is 5.77. The molecule has 1 amide bonds. The second-order valence-corrected chi connectivity index (χ2v) is 5.77. The van der Waals surface area contributed by atoms with Crippen LogP contribution in [0.3, 0.4) is 0 Å². The summed E-state index contributed by atoms with van der Waals surface area (Å²) < 4.78 is 14.4. The molecule has 0 atom stereocenters. The molecular weight excluding hydrogens is 299 g/mol. The van der Waals surface area contributed by atoms with E-state index in [0.29, 0.717) is 17.7 Å². The van der Waals surface area contributed by atoms with E-state index in [-0.39, 0.29) is 17.2 Å². The van der Waals surface area contributed by atoms with E-state index in [1.54, 1.807) is 12.1 Å². The minimum Gasteiger partial charge on any atom is -0.364 e. The molecule has 0 aliphatic carbocycles. The van der Waals surface area contributed by atoms with Crippen molar-refractivity contribution in [2.75, 3.05) is 33.2 Å². The van der Waals surface area contributed by atoms with Gasteiger partial charge in [0.1, 0.15) is 11.5 Å². The van der Waals surface area contributed by atoms with Gasteiger partial charge in [0.05, 0.1) is 0 Å². The minimum absolute atomic E-state index is 0.0104. The van der Waals surface area contributed by atoms with Gasteiger partial charge in [0, 0.05) is 43.9 Å². The van der Waals surface area contributed by atoms with Gasteiger partial charge in [-0.1, -0.05) is 12.1 Å². The molecule has 23 heavy (non-hydrogen) atoms. The molecular formula is C15H19FN6O. The van der Waals surface area contributed by atoms with E-state index in [1.807, 2.05) is 0 Å². The van der Waals surface area contributed by atoms with Crippen LogP contribution < -0.4 is 5.73 Å². The van der Waals surface area contributed by atoms with Crippen LogP contribution in [-0.4, -0.2) is 64.3 Å². The Morgan fingerprint density at radius 3 is 2.70 bits per heavy atom. The van der Waals surface area contributed by atoms with E-state index >= 15 is 0 Å². The molecule has 1 aliphatic rings. The summed E-state index contributed by atoms with van der Waals surface area (Å²) in [7, 11) is 2.08. The van der Waals surface area contributed by atoms with E-state index < -0.39 is 5.91 Å². The number of rotatable bonds is 4. The summed E-state index contributed by atoms with van der Waals surface area (Å²) in [6, 6.07) is 4.83. The minimum atomic E-state index is -0.698. The van der Waals surface area contributed by atoms with E-state index in [4.69, 9.17) is 5.73 Å². The highest BCUT2D eigenvalue weighted by atomic mass is 19.1. The largest absolute Gasteiger partial charge is 0.364 e. The fourth-order valence-electron chi connectivity index (χ4n) is 2.67. The molecule has 2 heterocycles. The van der Waals surface area contributed by atoms with Gasteiger partial charge in [0.25, 0.3) is 5.91 Å². The molecule has 0 saturated carbocycles. The van der Waals surface area contributed by atoms with Gasteiger partial charge >= 0.3 is 0 Å².